The number of hydrogen-bond donors (Lipinski definition) is 3. The van der Waals surface area contributed by atoms with E-state index in [1.807, 2.05) is 0 Å². The van der Waals surface area contributed by atoms with Gasteiger partial charge in [0.15, 0.2) is 0 Å². The van der Waals surface area contributed by atoms with E-state index in [2.05, 4.69) is 28.9 Å². The summed E-state index contributed by atoms with van der Waals surface area (Å²) in [7, 11) is 0. The lowest BCUT2D eigenvalue weighted by atomic mass is 10.1. The largest absolute Gasteiger partial charge is 0.355 e. The zero-order valence-electron chi connectivity index (χ0n) is 13.1. The molecular formula is C15H32N2OS2. The molecule has 0 aromatic heterocycles. The van der Waals surface area contributed by atoms with E-state index in [1.165, 1.54) is 51.4 Å². The Morgan fingerprint density at radius 3 is 1.85 bits per heavy atom. The van der Waals surface area contributed by atoms with Crippen molar-refractivity contribution in [2.24, 2.45) is 0 Å². The van der Waals surface area contributed by atoms with Crippen LogP contribution in [0, 0.1) is 0 Å². The van der Waals surface area contributed by atoms with Gasteiger partial charge in [-0.15, -0.1) is 0 Å². The Kier molecular flexibility index (Phi) is 15.6. The van der Waals surface area contributed by atoms with Gasteiger partial charge >= 0.3 is 0 Å². The number of unbranched alkanes of at least 4 members (excludes halogenated alkanes) is 8. The molecule has 120 valence electrons. The molecule has 3 nitrogen and oxygen atoms in total. The van der Waals surface area contributed by atoms with Crippen LogP contribution < -0.4 is 10.0 Å². The molecule has 20 heavy (non-hydrogen) atoms. The van der Waals surface area contributed by atoms with Gasteiger partial charge in [0, 0.05) is 13.1 Å². The highest BCUT2D eigenvalue weighted by atomic mass is 32.2. The summed E-state index contributed by atoms with van der Waals surface area (Å²) >= 11 is 5.80. The van der Waals surface area contributed by atoms with E-state index in [9.17, 15) is 4.79 Å². The normalized spacial score (nSPS) is 12.3. The highest BCUT2D eigenvalue weighted by molar-refractivity contribution is 7.96. The van der Waals surface area contributed by atoms with Crippen molar-refractivity contribution < 1.29 is 4.79 Å². The van der Waals surface area contributed by atoms with Gasteiger partial charge in [-0.3, -0.25) is 9.52 Å². The maximum Gasteiger partial charge on any atom is 0.232 e. The molecule has 0 saturated carbocycles. The van der Waals surface area contributed by atoms with Crippen LogP contribution in [0.4, 0.5) is 0 Å². The first-order valence-electron chi connectivity index (χ1n) is 7.90. The summed E-state index contributed by atoms with van der Waals surface area (Å²) in [5, 5.41) is 2.70. The zero-order chi connectivity index (χ0) is 15.1. The van der Waals surface area contributed by atoms with E-state index in [-0.39, 0.29) is 11.2 Å². The maximum absolute atomic E-state index is 11.3. The van der Waals surface area contributed by atoms with E-state index in [4.69, 9.17) is 0 Å². The van der Waals surface area contributed by atoms with Crippen LogP contribution in [-0.2, 0) is 4.79 Å². The van der Waals surface area contributed by atoms with Gasteiger partial charge in [-0.2, -0.15) is 12.6 Å². The molecule has 0 aromatic carbocycles. The molecule has 5 heteroatoms. The van der Waals surface area contributed by atoms with Crippen molar-refractivity contribution in [3.8, 4) is 0 Å². The van der Waals surface area contributed by atoms with Gasteiger partial charge < -0.3 is 5.32 Å². The van der Waals surface area contributed by atoms with Crippen molar-refractivity contribution in [1.82, 2.24) is 10.0 Å². The number of hydrogen-bond acceptors (Lipinski definition) is 4. The van der Waals surface area contributed by atoms with Gasteiger partial charge in [0.25, 0.3) is 0 Å². The molecule has 0 aliphatic rings. The third-order valence-electron chi connectivity index (χ3n) is 3.28. The summed E-state index contributed by atoms with van der Waals surface area (Å²) in [5.74, 6) is 0.0456. The first-order valence-corrected chi connectivity index (χ1v) is 9.64. The molecule has 0 aliphatic heterocycles. The topological polar surface area (TPSA) is 41.1 Å². The molecule has 0 bridgehead atoms. The minimum atomic E-state index is -0.193. The first-order chi connectivity index (χ1) is 9.68. The van der Waals surface area contributed by atoms with Crippen LogP contribution in [0.1, 0.15) is 64.7 Å². The van der Waals surface area contributed by atoms with Gasteiger partial charge in [0.2, 0.25) is 5.91 Å². The third kappa shape index (κ3) is 14.5. The second-order valence-corrected chi connectivity index (χ2v) is 6.72. The highest BCUT2D eigenvalue weighted by Crippen LogP contribution is 2.09. The van der Waals surface area contributed by atoms with Gasteiger partial charge in [0.1, 0.15) is 0 Å². The summed E-state index contributed by atoms with van der Waals surface area (Å²) in [6.07, 6.45) is 13.7. The van der Waals surface area contributed by atoms with Crippen molar-refractivity contribution in [2.75, 3.05) is 19.3 Å². The van der Waals surface area contributed by atoms with Gasteiger partial charge in [0.05, 0.1) is 5.25 Å². The maximum atomic E-state index is 11.3. The second kappa shape index (κ2) is 15.5. The van der Waals surface area contributed by atoms with E-state index in [1.54, 1.807) is 18.9 Å². The third-order valence-corrected chi connectivity index (χ3v) is 4.01. The fraction of sp³-hybridized carbons (Fsp3) is 0.933. The monoisotopic (exact) mass is 320 g/mol. The molecule has 0 radical (unpaired) electrons. The standard InChI is InChI=1S/C15H32N2OS2/c1-14(19)15(18)16-12-10-8-6-4-3-5-7-9-11-13-17-20-2/h14,17,19H,3-13H2,1-2H3,(H,16,18). The van der Waals surface area contributed by atoms with E-state index >= 15 is 0 Å². The molecular weight excluding hydrogens is 288 g/mol. The molecule has 0 aromatic rings. The summed E-state index contributed by atoms with van der Waals surface area (Å²) in [6.45, 7) is 3.74. The Bertz CT molecular complexity index is 226. The molecule has 0 rings (SSSR count). The van der Waals surface area contributed by atoms with E-state index in [0.29, 0.717) is 0 Å². The average molecular weight is 321 g/mol. The lowest BCUT2D eigenvalue weighted by Gasteiger charge is -2.07. The Morgan fingerprint density at radius 1 is 0.950 bits per heavy atom. The molecule has 0 spiro atoms. The number of thiol groups is 1. The minimum absolute atomic E-state index is 0.0456. The van der Waals surface area contributed by atoms with Crippen molar-refractivity contribution >= 4 is 30.5 Å². The quantitative estimate of drug-likeness (QED) is 0.259. The Balaban J connectivity index is 3.04. The van der Waals surface area contributed by atoms with E-state index < -0.39 is 0 Å². The molecule has 0 fully saturated rings. The Hall–Kier alpha value is 0.130. The van der Waals surface area contributed by atoms with Crippen LogP contribution >= 0.6 is 24.6 Å². The van der Waals surface area contributed by atoms with Gasteiger partial charge in [-0.05, 0) is 26.0 Å². The van der Waals surface area contributed by atoms with Crippen molar-refractivity contribution in [3.63, 3.8) is 0 Å². The Labute approximate surface area is 135 Å². The van der Waals surface area contributed by atoms with Crippen molar-refractivity contribution in [2.45, 2.75) is 70.0 Å². The van der Waals surface area contributed by atoms with Crippen LogP contribution in [0.25, 0.3) is 0 Å². The summed E-state index contributed by atoms with van der Waals surface area (Å²) in [6, 6.07) is 0. The highest BCUT2D eigenvalue weighted by Gasteiger charge is 2.05. The van der Waals surface area contributed by atoms with Crippen LogP contribution in [-0.4, -0.2) is 30.5 Å². The smallest absolute Gasteiger partial charge is 0.232 e. The molecule has 1 atom stereocenters. The molecule has 0 aliphatic carbocycles. The number of carbonyl (C=O) groups excluding carboxylic acids is 1. The fourth-order valence-corrected chi connectivity index (χ4v) is 2.46. The van der Waals surface area contributed by atoms with Crippen molar-refractivity contribution in [3.05, 3.63) is 0 Å². The first kappa shape index (κ1) is 20.1. The van der Waals surface area contributed by atoms with Crippen molar-refractivity contribution in [1.29, 1.82) is 0 Å². The molecule has 1 unspecified atom stereocenters. The number of amides is 1. The zero-order valence-corrected chi connectivity index (χ0v) is 14.8. The van der Waals surface area contributed by atoms with Crippen LogP contribution in [0.2, 0.25) is 0 Å². The summed E-state index contributed by atoms with van der Waals surface area (Å²) < 4.78 is 3.28. The van der Waals surface area contributed by atoms with Gasteiger partial charge in [-0.1, -0.05) is 56.9 Å². The molecule has 0 saturated heterocycles. The van der Waals surface area contributed by atoms with Crippen LogP contribution in [0.5, 0.6) is 0 Å². The predicted molar refractivity (Wildman–Crippen MR) is 94.5 cm³/mol. The minimum Gasteiger partial charge on any atom is -0.355 e. The van der Waals surface area contributed by atoms with Crippen LogP contribution in [0.15, 0.2) is 0 Å². The lowest BCUT2D eigenvalue weighted by Crippen LogP contribution is -2.30. The number of rotatable bonds is 14. The predicted octanol–water partition coefficient (Wildman–Crippen LogP) is 3.80. The van der Waals surface area contributed by atoms with Gasteiger partial charge in [-0.25, -0.2) is 0 Å². The van der Waals surface area contributed by atoms with Crippen LogP contribution in [0.3, 0.4) is 0 Å². The average Bonchev–Trinajstić information content (AvgIpc) is 2.43. The SMILES string of the molecule is CSNCCCCCCCCCCCNC(=O)C(C)S. The Morgan fingerprint density at radius 2 is 1.40 bits per heavy atom. The molecule has 2 N–H and O–H groups in total. The number of nitrogens with one attached hydrogen (secondary N) is 2. The summed E-state index contributed by atoms with van der Waals surface area (Å²) in [5.41, 5.74) is 0. The fourth-order valence-electron chi connectivity index (χ4n) is 2.02. The lowest BCUT2D eigenvalue weighted by molar-refractivity contribution is -0.120. The second-order valence-electron chi connectivity index (χ2n) is 5.25. The van der Waals surface area contributed by atoms with E-state index in [0.717, 1.165) is 19.5 Å². The summed E-state index contributed by atoms with van der Waals surface area (Å²) in [4.78, 5) is 11.3. The molecule has 1 amide bonds. The number of carbonyl (C=O) groups is 1. The molecule has 0 heterocycles.